The maximum absolute atomic E-state index is 13.7. The maximum Gasteiger partial charge on any atom is 0.407 e. The van der Waals surface area contributed by atoms with Gasteiger partial charge in [-0.1, -0.05) is 78.9 Å². The Morgan fingerprint density at radius 2 is 1.43 bits per heavy atom. The molecule has 3 aromatic carbocycles. The van der Waals surface area contributed by atoms with Crippen LogP contribution in [0.4, 0.5) is 4.79 Å². The maximum atomic E-state index is 13.7. The van der Waals surface area contributed by atoms with Gasteiger partial charge in [-0.3, -0.25) is 14.5 Å². The number of nitrogens with one attached hydrogen (secondary N) is 1. The van der Waals surface area contributed by atoms with Gasteiger partial charge in [-0.2, -0.15) is 0 Å². The number of fused-ring (bicyclic) bond motifs is 3. The molecule has 3 unspecified atom stereocenters. The van der Waals surface area contributed by atoms with Crippen LogP contribution < -0.4 is 5.32 Å². The summed E-state index contributed by atoms with van der Waals surface area (Å²) in [5.41, 5.74) is 5.43. The van der Waals surface area contributed by atoms with Gasteiger partial charge in [0, 0.05) is 32.1 Å². The molecule has 3 atom stereocenters. The van der Waals surface area contributed by atoms with E-state index < -0.39 is 30.3 Å². The standard InChI is InChI=1S/C33H37N3O6/c1-22(32(38)39)35-16-18-36(19-17-35)31(37)30(23(2)41-20-24-10-4-3-5-11-24)34-33(40)42-21-29-27-14-8-6-12-25(27)26-13-7-9-15-28(26)29/h3-15,22-23,29-30H,16-21H2,1-2H3,(H,34,40)(H,38,39). The Morgan fingerprint density at radius 1 is 0.857 bits per heavy atom. The third-order valence-electron chi connectivity index (χ3n) is 8.24. The molecule has 3 aromatic rings. The number of alkyl carbamates (subject to hydrolysis) is 1. The van der Waals surface area contributed by atoms with Crippen LogP contribution in [0.3, 0.4) is 0 Å². The zero-order chi connectivity index (χ0) is 29.6. The highest BCUT2D eigenvalue weighted by Gasteiger charge is 2.36. The molecule has 1 saturated heterocycles. The summed E-state index contributed by atoms with van der Waals surface area (Å²) in [6, 6.07) is 24.2. The van der Waals surface area contributed by atoms with Crippen molar-refractivity contribution in [1.82, 2.24) is 15.1 Å². The second-order valence-corrected chi connectivity index (χ2v) is 10.8. The van der Waals surface area contributed by atoms with Crippen LogP contribution in [0.25, 0.3) is 11.1 Å². The third-order valence-corrected chi connectivity index (χ3v) is 8.24. The first kappa shape index (κ1) is 29.3. The van der Waals surface area contributed by atoms with Crippen LogP contribution in [-0.2, 0) is 25.7 Å². The molecule has 9 nitrogen and oxygen atoms in total. The van der Waals surface area contributed by atoms with Crippen LogP contribution in [0.5, 0.6) is 0 Å². The molecule has 0 aromatic heterocycles. The number of hydrogen-bond acceptors (Lipinski definition) is 6. The Hall–Kier alpha value is -4.21. The summed E-state index contributed by atoms with van der Waals surface area (Å²) in [6.45, 7) is 5.37. The second kappa shape index (κ2) is 13.2. The van der Waals surface area contributed by atoms with Gasteiger partial charge in [0.15, 0.2) is 0 Å². The SMILES string of the molecule is CC(OCc1ccccc1)C(NC(=O)OCC1c2ccccc2-c2ccccc21)C(=O)N1CCN(C(C)C(=O)O)CC1. The largest absolute Gasteiger partial charge is 0.480 e. The number of hydrogen-bond donors (Lipinski definition) is 2. The number of aliphatic carboxylic acids is 1. The lowest BCUT2D eigenvalue weighted by atomic mass is 9.98. The van der Waals surface area contributed by atoms with E-state index in [4.69, 9.17) is 9.47 Å². The molecule has 0 spiro atoms. The Labute approximate surface area is 246 Å². The van der Waals surface area contributed by atoms with E-state index in [9.17, 15) is 19.5 Å². The molecule has 2 amide bonds. The van der Waals surface area contributed by atoms with Gasteiger partial charge in [-0.25, -0.2) is 4.79 Å². The Kier molecular flexibility index (Phi) is 9.19. The number of carbonyl (C=O) groups excluding carboxylic acids is 2. The minimum Gasteiger partial charge on any atom is -0.480 e. The monoisotopic (exact) mass is 571 g/mol. The molecule has 1 heterocycles. The summed E-state index contributed by atoms with van der Waals surface area (Å²) in [4.78, 5) is 41.8. The van der Waals surface area contributed by atoms with Crippen molar-refractivity contribution >= 4 is 18.0 Å². The highest BCUT2D eigenvalue weighted by molar-refractivity contribution is 5.86. The summed E-state index contributed by atoms with van der Waals surface area (Å²) in [6.07, 6.45) is -1.34. The van der Waals surface area contributed by atoms with Gasteiger partial charge in [0.25, 0.3) is 0 Å². The van der Waals surface area contributed by atoms with Crippen molar-refractivity contribution in [2.75, 3.05) is 32.8 Å². The number of benzene rings is 3. The van der Waals surface area contributed by atoms with Crippen molar-refractivity contribution in [3.63, 3.8) is 0 Å². The quantitative estimate of drug-likeness (QED) is 0.377. The predicted octanol–water partition coefficient (Wildman–Crippen LogP) is 4.12. The first-order valence-electron chi connectivity index (χ1n) is 14.4. The molecular weight excluding hydrogens is 534 g/mol. The fraction of sp³-hybridized carbons (Fsp3) is 0.364. The normalized spacial score (nSPS) is 17.0. The van der Waals surface area contributed by atoms with Gasteiger partial charge in [0.2, 0.25) is 5.91 Å². The van der Waals surface area contributed by atoms with E-state index in [1.807, 2.05) is 59.5 Å². The molecule has 42 heavy (non-hydrogen) atoms. The highest BCUT2D eigenvalue weighted by Crippen LogP contribution is 2.44. The van der Waals surface area contributed by atoms with E-state index in [1.54, 1.807) is 18.7 Å². The van der Waals surface area contributed by atoms with Gasteiger partial charge in [0.05, 0.1) is 12.7 Å². The average molecular weight is 572 g/mol. The molecule has 9 heteroatoms. The molecule has 2 aliphatic rings. The van der Waals surface area contributed by atoms with Gasteiger partial charge in [-0.05, 0) is 41.7 Å². The van der Waals surface area contributed by atoms with Crippen molar-refractivity contribution in [2.45, 2.75) is 44.6 Å². The van der Waals surface area contributed by atoms with Crippen molar-refractivity contribution in [1.29, 1.82) is 0 Å². The molecule has 1 fully saturated rings. The topological polar surface area (TPSA) is 108 Å². The Balaban J connectivity index is 1.26. The predicted molar refractivity (Wildman–Crippen MR) is 158 cm³/mol. The summed E-state index contributed by atoms with van der Waals surface area (Å²) >= 11 is 0. The molecule has 0 saturated carbocycles. The molecule has 0 radical (unpaired) electrons. The van der Waals surface area contributed by atoms with Crippen LogP contribution in [0, 0.1) is 0 Å². The molecule has 0 bridgehead atoms. The lowest BCUT2D eigenvalue weighted by Gasteiger charge is -2.38. The van der Waals surface area contributed by atoms with Crippen molar-refractivity contribution in [3.8, 4) is 11.1 Å². The number of carbonyl (C=O) groups is 3. The molecule has 1 aliphatic heterocycles. The summed E-state index contributed by atoms with van der Waals surface area (Å²) in [5.74, 6) is -1.28. The lowest BCUT2D eigenvalue weighted by molar-refractivity contribution is -0.145. The number of piperazine rings is 1. The lowest BCUT2D eigenvalue weighted by Crippen LogP contribution is -2.59. The minimum atomic E-state index is -0.979. The van der Waals surface area contributed by atoms with Crippen LogP contribution in [0.2, 0.25) is 0 Å². The van der Waals surface area contributed by atoms with Crippen molar-refractivity contribution < 1.29 is 29.0 Å². The van der Waals surface area contributed by atoms with E-state index >= 15 is 0 Å². The van der Waals surface area contributed by atoms with E-state index in [0.29, 0.717) is 26.2 Å². The van der Waals surface area contributed by atoms with Crippen molar-refractivity contribution in [3.05, 3.63) is 95.6 Å². The van der Waals surface area contributed by atoms with E-state index in [0.717, 1.165) is 27.8 Å². The number of amides is 2. The fourth-order valence-electron chi connectivity index (χ4n) is 5.73. The first-order chi connectivity index (χ1) is 20.3. The van der Waals surface area contributed by atoms with Gasteiger partial charge in [0.1, 0.15) is 18.7 Å². The van der Waals surface area contributed by atoms with E-state index in [1.165, 1.54) is 0 Å². The van der Waals surface area contributed by atoms with E-state index in [-0.39, 0.29) is 25.0 Å². The Bertz CT molecular complexity index is 1360. The zero-order valence-corrected chi connectivity index (χ0v) is 23.9. The van der Waals surface area contributed by atoms with Crippen LogP contribution >= 0.6 is 0 Å². The number of carboxylic acids is 1. The van der Waals surface area contributed by atoms with Gasteiger partial charge < -0.3 is 24.8 Å². The van der Waals surface area contributed by atoms with Crippen LogP contribution in [-0.4, -0.2) is 83.8 Å². The molecule has 2 N–H and O–H groups in total. The minimum absolute atomic E-state index is 0.103. The molecule has 1 aliphatic carbocycles. The van der Waals surface area contributed by atoms with E-state index in [2.05, 4.69) is 29.6 Å². The number of nitrogens with zero attached hydrogens (tertiary/aromatic N) is 2. The smallest absolute Gasteiger partial charge is 0.407 e. The summed E-state index contributed by atoms with van der Waals surface area (Å²) in [5, 5.41) is 12.1. The molecular formula is C33H37N3O6. The first-order valence-corrected chi connectivity index (χ1v) is 14.4. The highest BCUT2D eigenvalue weighted by atomic mass is 16.5. The number of carboxylic acid groups (broad SMARTS) is 1. The summed E-state index contributed by atoms with van der Waals surface area (Å²) < 4.78 is 11.8. The van der Waals surface area contributed by atoms with Crippen LogP contribution in [0.15, 0.2) is 78.9 Å². The fourth-order valence-corrected chi connectivity index (χ4v) is 5.73. The Morgan fingerprint density at radius 3 is 2.02 bits per heavy atom. The summed E-state index contributed by atoms with van der Waals surface area (Å²) in [7, 11) is 0. The second-order valence-electron chi connectivity index (χ2n) is 10.8. The molecule has 5 rings (SSSR count). The van der Waals surface area contributed by atoms with Crippen molar-refractivity contribution in [2.24, 2.45) is 0 Å². The van der Waals surface area contributed by atoms with Gasteiger partial charge >= 0.3 is 12.1 Å². The number of ether oxygens (including phenoxy) is 2. The molecule has 220 valence electrons. The van der Waals surface area contributed by atoms with Crippen LogP contribution in [0.1, 0.15) is 36.5 Å². The third kappa shape index (κ3) is 6.48. The average Bonchev–Trinajstić information content (AvgIpc) is 3.35. The number of rotatable bonds is 10. The van der Waals surface area contributed by atoms with Gasteiger partial charge in [-0.15, -0.1) is 0 Å². The zero-order valence-electron chi connectivity index (χ0n) is 23.9.